The molecule has 0 saturated heterocycles. The smallest absolute Gasteiger partial charge is 0.329 e. The Morgan fingerprint density at radius 3 is 2.48 bits per heavy atom. The van der Waals surface area contributed by atoms with Gasteiger partial charge in [0.2, 0.25) is 0 Å². The zero-order valence-corrected chi connectivity index (χ0v) is 18.4. The number of rotatable bonds is 5. The number of benzene rings is 2. The van der Waals surface area contributed by atoms with Gasteiger partial charge in [0.15, 0.2) is 0 Å². The summed E-state index contributed by atoms with van der Waals surface area (Å²) in [6.07, 6.45) is 1.50. The van der Waals surface area contributed by atoms with Crippen molar-refractivity contribution >= 4 is 35.3 Å². The topological polar surface area (TPSA) is 84.7 Å². The first-order chi connectivity index (χ1) is 14.8. The van der Waals surface area contributed by atoms with Crippen LogP contribution in [0, 0.1) is 20.8 Å². The van der Waals surface area contributed by atoms with Crippen molar-refractivity contribution in [3.63, 3.8) is 0 Å². The highest BCUT2D eigenvalue weighted by molar-refractivity contribution is 6.39. The highest BCUT2D eigenvalue weighted by Gasteiger charge is 2.14. The average molecular weight is 439 g/mol. The van der Waals surface area contributed by atoms with Gasteiger partial charge in [-0.3, -0.25) is 9.59 Å². The van der Waals surface area contributed by atoms with Crippen LogP contribution in [0.15, 0.2) is 53.6 Å². The average Bonchev–Trinajstić information content (AvgIpc) is 3.02. The first-order valence-electron chi connectivity index (χ1n) is 9.54. The minimum Gasteiger partial charge on any atom is -0.495 e. The number of hydrazone groups is 1. The molecule has 0 aliphatic rings. The Morgan fingerprint density at radius 1 is 1.06 bits per heavy atom. The summed E-state index contributed by atoms with van der Waals surface area (Å²) in [7, 11) is 1.57. The predicted molar refractivity (Wildman–Crippen MR) is 122 cm³/mol. The number of nitrogens with zero attached hydrogens (tertiary/aromatic N) is 2. The summed E-state index contributed by atoms with van der Waals surface area (Å²) in [4.78, 5) is 24.1. The SMILES string of the molecule is COc1ccc(-n2c(C)cc(/C=N\NC(=O)C(=O)Nc3ccccc3C)c2C)cc1Cl. The lowest BCUT2D eigenvalue weighted by Gasteiger charge is -2.11. The summed E-state index contributed by atoms with van der Waals surface area (Å²) >= 11 is 6.26. The molecule has 1 heterocycles. The van der Waals surface area contributed by atoms with Gasteiger partial charge in [0, 0.05) is 28.3 Å². The Labute approximate surface area is 185 Å². The molecule has 0 aliphatic carbocycles. The summed E-state index contributed by atoms with van der Waals surface area (Å²) in [5, 5.41) is 7.01. The van der Waals surface area contributed by atoms with Crippen LogP contribution in [0.2, 0.25) is 5.02 Å². The summed E-state index contributed by atoms with van der Waals surface area (Å²) in [5.74, 6) is -1.04. The van der Waals surface area contributed by atoms with E-state index >= 15 is 0 Å². The highest BCUT2D eigenvalue weighted by atomic mass is 35.5. The fourth-order valence-corrected chi connectivity index (χ4v) is 3.47. The lowest BCUT2D eigenvalue weighted by Crippen LogP contribution is -2.32. The van der Waals surface area contributed by atoms with E-state index in [1.807, 2.05) is 55.7 Å². The number of carbonyl (C=O) groups is 2. The molecular formula is C23H23ClN4O3. The van der Waals surface area contributed by atoms with Crippen molar-refractivity contribution in [1.82, 2.24) is 9.99 Å². The van der Waals surface area contributed by atoms with Crippen molar-refractivity contribution in [2.75, 3.05) is 12.4 Å². The third-order valence-corrected chi connectivity index (χ3v) is 5.13. The summed E-state index contributed by atoms with van der Waals surface area (Å²) < 4.78 is 7.22. The van der Waals surface area contributed by atoms with Gasteiger partial charge in [-0.2, -0.15) is 5.10 Å². The Bertz CT molecular complexity index is 1170. The molecule has 0 unspecified atom stereocenters. The molecular weight excluding hydrogens is 416 g/mol. The number of hydrogen-bond acceptors (Lipinski definition) is 4. The first kappa shape index (κ1) is 22.1. The van der Waals surface area contributed by atoms with Crippen molar-refractivity contribution in [3.8, 4) is 11.4 Å². The van der Waals surface area contributed by atoms with E-state index in [0.717, 1.165) is 28.2 Å². The number of halogens is 1. The molecule has 160 valence electrons. The molecule has 0 fully saturated rings. The Balaban J connectivity index is 1.71. The van der Waals surface area contributed by atoms with Crippen molar-refractivity contribution in [2.24, 2.45) is 5.10 Å². The van der Waals surface area contributed by atoms with Crippen molar-refractivity contribution in [2.45, 2.75) is 20.8 Å². The van der Waals surface area contributed by atoms with E-state index in [1.54, 1.807) is 25.3 Å². The third-order valence-electron chi connectivity index (χ3n) is 4.83. The number of carbonyl (C=O) groups excluding carboxylic acids is 2. The Hall–Kier alpha value is -3.58. The standard InChI is InChI=1S/C23H23ClN4O3/c1-14-7-5-6-8-20(14)26-22(29)23(30)27-25-13-17-11-15(2)28(16(17)3)18-9-10-21(31-4)19(24)12-18/h5-13H,1-4H3,(H,26,29)(H,27,30)/b25-13-. The van der Waals surface area contributed by atoms with E-state index < -0.39 is 11.8 Å². The van der Waals surface area contributed by atoms with Gasteiger partial charge < -0.3 is 14.6 Å². The van der Waals surface area contributed by atoms with Crippen LogP contribution in [0.1, 0.15) is 22.5 Å². The van der Waals surface area contributed by atoms with Crippen LogP contribution in [0.4, 0.5) is 5.69 Å². The lowest BCUT2D eigenvalue weighted by molar-refractivity contribution is -0.136. The maximum Gasteiger partial charge on any atom is 0.329 e. The number of aryl methyl sites for hydroxylation is 2. The molecule has 0 bridgehead atoms. The van der Waals surface area contributed by atoms with Gasteiger partial charge in [0.25, 0.3) is 0 Å². The number of nitrogens with one attached hydrogen (secondary N) is 2. The molecule has 2 amide bonds. The zero-order chi connectivity index (χ0) is 22.5. The quantitative estimate of drug-likeness (QED) is 0.356. The van der Waals surface area contributed by atoms with Crippen LogP contribution in [-0.2, 0) is 9.59 Å². The number of para-hydroxylation sites is 1. The highest BCUT2D eigenvalue weighted by Crippen LogP contribution is 2.28. The molecule has 2 N–H and O–H groups in total. The number of amides is 2. The molecule has 7 nitrogen and oxygen atoms in total. The maximum absolute atomic E-state index is 12.1. The molecule has 0 saturated carbocycles. The normalized spacial score (nSPS) is 10.9. The Kier molecular flexibility index (Phi) is 6.77. The van der Waals surface area contributed by atoms with Gasteiger partial charge in [-0.1, -0.05) is 29.8 Å². The number of aromatic nitrogens is 1. The molecule has 0 spiro atoms. The van der Waals surface area contributed by atoms with Crippen LogP contribution >= 0.6 is 11.6 Å². The molecule has 3 rings (SSSR count). The van der Waals surface area contributed by atoms with E-state index in [4.69, 9.17) is 16.3 Å². The second kappa shape index (κ2) is 9.49. The first-order valence-corrected chi connectivity index (χ1v) is 9.92. The second-order valence-corrected chi connectivity index (χ2v) is 7.36. The predicted octanol–water partition coefficient (Wildman–Crippen LogP) is 4.15. The Morgan fingerprint density at radius 2 is 1.81 bits per heavy atom. The molecule has 0 atom stereocenters. The molecule has 2 aromatic carbocycles. The fourth-order valence-electron chi connectivity index (χ4n) is 3.21. The van der Waals surface area contributed by atoms with Gasteiger partial charge in [0.05, 0.1) is 18.3 Å². The summed E-state index contributed by atoms with van der Waals surface area (Å²) in [6.45, 7) is 5.73. The number of methoxy groups -OCH3 is 1. The van der Waals surface area contributed by atoms with Gasteiger partial charge in [-0.15, -0.1) is 0 Å². The third kappa shape index (κ3) is 4.95. The monoisotopic (exact) mass is 438 g/mol. The van der Waals surface area contributed by atoms with Crippen molar-refractivity contribution in [1.29, 1.82) is 0 Å². The molecule has 1 aromatic heterocycles. The second-order valence-electron chi connectivity index (χ2n) is 6.95. The largest absolute Gasteiger partial charge is 0.495 e. The van der Waals surface area contributed by atoms with Crippen LogP contribution in [0.5, 0.6) is 5.75 Å². The number of anilines is 1. The lowest BCUT2D eigenvalue weighted by atomic mass is 10.2. The van der Waals surface area contributed by atoms with Gasteiger partial charge in [-0.25, -0.2) is 5.43 Å². The van der Waals surface area contributed by atoms with E-state index in [9.17, 15) is 9.59 Å². The zero-order valence-electron chi connectivity index (χ0n) is 17.7. The van der Waals surface area contributed by atoms with E-state index in [-0.39, 0.29) is 0 Å². The van der Waals surface area contributed by atoms with Crippen molar-refractivity contribution in [3.05, 3.63) is 76.1 Å². The van der Waals surface area contributed by atoms with Gasteiger partial charge in [-0.05, 0) is 56.7 Å². The molecule has 8 heteroatoms. The van der Waals surface area contributed by atoms with Crippen molar-refractivity contribution < 1.29 is 14.3 Å². The minimum absolute atomic E-state index is 0.509. The van der Waals surface area contributed by atoms with Crippen LogP contribution < -0.4 is 15.5 Å². The van der Waals surface area contributed by atoms with E-state index in [1.165, 1.54) is 6.21 Å². The van der Waals surface area contributed by atoms with Gasteiger partial charge >= 0.3 is 11.8 Å². The van der Waals surface area contributed by atoms with E-state index in [0.29, 0.717) is 16.5 Å². The maximum atomic E-state index is 12.1. The van der Waals surface area contributed by atoms with Crippen LogP contribution in [0.3, 0.4) is 0 Å². The van der Waals surface area contributed by atoms with Crippen LogP contribution in [-0.4, -0.2) is 29.7 Å². The van der Waals surface area contributed by atoms with Gasteiger partial charge in [0.1, 0.15) is 5.75 Å². The summed E-state index contributed by atoms with van der Waals surface area (Å²) in [5.41, 5.74) is 7.24. The van der Waals surface area contributed by atoms with Crippen LogP contribution in [0.25, 0.3) is 5.69 Å². The van der Waals surface area contributed by atoms with E-state index in [2.05, 4.69) is 15.8 Å². The molecule has 0 aliphatic heterocycles. The molecule has 0 radical (unpaired) electrons. The fraction of sp³-hybridized carbons (Fsp3) is 0.174. The number of ether oxygens (including phenoxy) is 1. The molecule has 31 heavy (non-hydrogen) atoms. The summed E-state index contributed by atoms with van der Waals surface area (Å²) in [6, 6.07) is 14.7. The molecule has 3 aromatic rings. The minimum atomic E-state index is -0.852. The number of hydrogen-bond donors (Lipinski definition) is 2.